The minimum absolute atomic E-state index is 0.160. The SMILES string of the molecule is Cc1cccc([C@@H](C)NC(C)CNC(=O)OC(C)(C)C)c1. The van der Waals surface area contributed by atoms with Crippen LogP contribution in [0.15, 0.2) is 24.3 Å². The first-order valence-corrected chi connectivity index (χ1v) is 7.47. The molecular formula is C17H28N2O2. The number of carbonyl (C=O) groups excluding carboxylic acids is 1. The molecule has 4 heteroatoms. The van der Waals surface area contributed by atoms with Crippen LogP contribution in [0.25, 0.3) is 0 Å². The molecule has 0 saturated carbocycles. The number of alkyl carbamates (subject to hydrolysis) is 1. The Morgan fingerprint density at radius 3 is 2.52 bits per heavy atom. The van der Waals surface area contributed by atoms with Crippen LogP contribution in [0.3, 0.4) is 0 Å². The molecule has 0 bridgehead atoms. The Morgan fingerprint density at radius 2 is 1.95 bits per heavy atom. The quantitative estimate of drug-likeness (QED) is 0.872. The lowest BCUT2D eigenvalue weighted by Gasteiger charge is -2.23. The van der Waals surface area contributed by atoms with E-state index in [9.17, 15) is 4.79 Å². The first-order chi connectivity index (χ1) is 9.67. The van der Waals surface area contributed by atoms with Crippen molar-refractivity contribution in [3.8, 4) is 0 Å². The molecule has 21 heavy (non-hydrogen) atoms. The minimum atomic E-state index is -0.463. The van der Waals surface area contributed by atoms with Gasteiger partial charge in [-0.2, -0.15) is 0 Å². The number of benzene rings is 1. The van der Waals surface area contributed by atoms with Crippen molar-refractivity contribution >= 4 is 6.09 Å². The number of hydrogen-bond acceptors (Lipinski definition) is 3. The van der Waals surface area contributed by atoms with Crippen molar-refractivity contribution in [3.05, 3.63) is 35.4 Å². The summed E-state index contributed by atoms with van der Waals surface area (Å²) < 4.78 is 5.22. The predicted octanol–water partition coefficient (Wildman–Crippen LogP) is 3.56. The fraction of sp³-hybridized carbons (Fsp3) is 0.588. The highest BCUT2D eigenvalue weighted by Crippen LogP contribution is 2.14. The normalized spacial score (nSPS) is 14.4. The van der Waals surface area contributed by atoms with Crippen LogP contribution < -0.4 is 10.6 Å². The lowest BCUT2D eigenvalue weighted by molar-refractivity contribution is 0.0522. The Balaban J connectivity index is 2.40. The average molecular weight is 292 g/mol. The van der Waals surface area contributed by atoms with Crippen LogP contribution in [-0.4, -0.2) is 24.3 Å². The second kappa shape index (κ2) is 7.46. The summed E-state index contributed by atoms with van der Waals surface area (Å²) in [5, 5.41) is 6.25. The van der Waals surface area contributed by atoms with E-state index in [2.05, 4.69) is 48.7 Å². The zero-order chi connectivity index (χ0) is 16.0. The van der Waals surface area contributed by atoms with Gasteiger partial charge in [0, 0.05) is 18.6 Å². The van der Waals surface area contributed by atoms with Gasteiger partial charge in [-0.3, -0.25) is 0 Å². The van der Waals surface area contributed by atoms with E-state index in [0.29, 0.717) is 6.54 Å². The van der Waals surface area contributed by atoms with E-state index in [1.54, 1.807) is 0 Å². The van der Waals surface area contributed by atoms with Crippen molar-refractivity contribution in [1.29, 1.82) is 0 Å². The van der Waals surface area contributed by atoms with Gasteiger partial charge in [-0.05, 0) is 47.1 Å². The molecule has 1 unspecified atom stereocenters. The monoisotopic (exact) mass is 292 g/mol. The van der Waals surface area contributed by atoms with Crippen LogP contribution in [0.5, 0.6) is 0 Å². The molecule has 1 aromatic rings. The lowest BCUT2D eigenvalue weighted by atomic mass is 10.1. The highest BCUT2D eigenvalue weighted by Gasteiger charge is 2.17. The molecule has 2 atom stereocenters. The van der Waals surface area contributed by atoms with Gasteiger partial charge in [-0.15, -0.1) is 0 Å². The number of hydrogen-bond donors (Lipinski definition) is 2. The second-order valence-corrected chi connectivity index (χ2v) is 6.59. The van der Waals surface area contributed by atoms with Crippen LogP contribution >= 0.6 is 0 Å². The molecule has 0 aliphatic rings. The van der Waals surface area contributed by atoms with E-state index in [1.807, 2.05) is 27.7 Å². The molecule has 1 aromatic carbocycles. The molecule has 0 fully saturated rings. The van der Waals surface area contributed by atoms with Crippen molar-refractivity contribution in [2.24, 2.45) is 0 Å². The van der Waals surface area contributed by atoms with Gasteiger partial charge in [0.15, 0.2) is 0 Å². The van der Waals surface area contributed by atoms with Gasteiger partial charge in [0.25, 0.3) is 0 Å². The van der Waals surface area contributed by atoms with Crippen LogP contribution in [0.1, 0.15) is 51.8 Å². The fourth-order valence-electron chi connectivity index (χ4n) is 2.07. The van der Waals surface area contributed by atoms with Gasteiger partial charge < -0.3 is 15.4 Å². The Labute approximate surface area is 128 Å². The van der Waals surface area contributed by atoms with Crippen LogP contribution in [0.2, 0.25) is 0 Å². The second-order valence-electron chi connectivity index (χ2n) is 6.59. The van der Waals surface area contributed by atoms with Gasteiger partial charge in [-0.25, -0.2) is 4.79 Å². The molecule has 0 radical (unpaired) electrons. The number of rotatable bonds is 5. The molecular weight excluding hydrogens is 264 g/mol. The fourth-order valence-corrected chi connectivity index (χ4v) is 2.07. The molecule has 0 aliphatic heterocycles. The van der Waals surface area contributed by atoms with Crippen molar-refractivity contribution < 1.29 is 9.53 Å². The van der Waals surface area contributed by atoms with E-state index < -0.39 is 5.60 Å². The summed E-state index contributed by atoms with van der Waals surface area (Å²) >= 11 is 0. The summed E-state index contributed by atoms with van der Waals surface area (Å²) in [5.41, 5.74) is 2.04. The highest BCUT2D eigenvalue weighted by molar-refractivity contribution is 5.67. The zero-order valence-electron chi connectivity index (χ0n) is 14.0. The standard InChI is InChI=1S/C17H28N2O2/c1-12-8-7-9-15(10-12)14(3)19-13(2)11-18-16(20)21-17(4,5)6/h7-10,13-14,19H,11H2,1-6H3,(H,18,20)/t13?,14-/m1/s1. The summed E-state index contributed by atoms with van der Waals surface area (Å²) in [7, 11) is 0. The lowest BCUT2D eigenvalue weighted by Crippen LogP contribution is -2.41. The summed E-state index contributed by atoms with van der Waals surface area (Å²) in [6, 6.07) is 8.83. The van der Waals surface area contributed by atoms with Crippen LogP contribution in [0.4, 0.5) is 4.79 Å². The topological polar surface area (TPSA) is 50.4 Å². The van der Waals surface area contributed by atoms with Crippen LogP contribution in [-0.2, 0) is 4.74 Å². The predicted molar refractivity (Wildman–Crippen MR) is 86.4 cm³/mol. The van der Waals surface area contributed by atoms with Gasteiger partial charge in [0.1, 0.15) is 5.60 Å². The average Bonchev–Trinajstić information content (AvgIpc) is 2.34. The molecule has 0 saturated heterocycles. The molecule has 2 N–H and O–H groups in total. The number of nitrogens with one attached hydrogen (secondary N) is 2. The number of carbonyl (C=O) groups is 1. The van der Waals surface area contributed by atoms with E-state index in [-0.39, 0.29) is 18.2 Å². The highest BCUT2D eigenvalue weighted by atomic mass is 16.6. The summed E-state index contributed by atoms with van der Waals surface area (Å²) in [6.07, 6.45) is -0.376. The summed E-state index contributed by atoms with van der Waals surface area (Å²) in [5.74, 6) is 0. The Kier molecular flexibility index (Phi) is 6.21. The molecule has 1 rings (SSSR count). The Hall–Kier alpha value is -1.55. The number of amides is 1. The third-order valence-corrected chi connectivity index (χ3v) is 3.03. The van der Waals surface area contributed by atoms with Crippen molar-refractivity contribution in [1.82, 2.24) is 10.6 Å². The molecule has 0 aliphatic carbocycles. The van der Waals surface area contributed by atoms with Crippen molar-refractivity contribution in [3.63, 3.8) is 0 Å². The van der Waals surface area contributed by atoms with Gasteiger partial charge in [-0.1, -0.05) is 29.8 Å². The van der Waals surface area contributed by atoms with E-state index in [0.717, 1.165) is 0 Å². The third kappa shape index (κ3) is 7.14. The van der Waals surface area contributed by atoms with Crippen LogP contribution in [0, 0.1) is 6.92 Å². The smallest absolute Gasteiger partial charge is 0.407 e. The van der Waals surface area contributed by atoms with Gasteiger partial charge >= 0.3 is 6.09 Å². The molecule has 4 nitrogen and oxygen atoms in total. The Morgan fingerprint density at radius 1 is 1.29 bits per heavy atom. The first-order valence-electron chi connectivity index (χ1n) is 7.47. The van der Waals surface area contributed by atoms with Gasteiger partial charge in [0.2, 0.25) is 0 Å². The maximum absolute atomic E-state index is 11.6. The molecule has 1 amide bonds. The third-order valence-electron chi connectivity index (χ3n) is 3.03. The molecule has 0 aromatic heterocycles. The van der Waals surface area contributed by atoms with Gasteiger partial charge in [0.05, 0.1) is 0 Å². The summed E-state index contributed by atoms with van der Waals surface area (Å²) in [4.78, 5) is 11.6. The molecule has 118 valence electrons. The maximum atomic E-state index is 11.6. The van der Waals surface area contributed by atoms with E-state index in [4.69, 9.17) is 4.74 Å². The first kappa shape index (κ1) is 17.5. The van der Waals surface area contributed by atoms with E-state index >= 15 is 0 Å². The maximum Gasteiger partial charge on any atom is 0.407 e. The van der Waals surface area contributed by atoms with Crippen molar-refractivity contribution in [2.45, 2.75) is 59.2 Å². The zero-order valence-corrected chi connectivity index (χ0v) is 14.0. The number of aryl methyl sites for hydroxylation is 1. The van der Waals surface area contributed by atoms with E-state index in [1.165, 1.54) is 11.1 Å². The summed E-state index contributed by atoms with van der Waals surface area (Å²) in [6.45, 7) is 12.4. The Bertz CT molecular complexity index is 466. The minimum Gasteiger partial charge on any atom is -0.444 e. The molecule has 0 spiro atoms. The number of ether oxygens (including phenoxy) is 1. The molecule has 0 heterocycles. The largest absolute Gasteiger partial charge is 0.444 e. The van der Waals surface area contributed by atoms with Crippen molar-refractivity contribution in [2.75, 3.05) is 6.54 Å².